The molecular weight excluding hydrogens is 212 g/mol. The van der Waals surface area contributed by atoms with Crippen molar-refractivity contribution in [3.05, 3.63) is 34.9 Å². The Morgan fingerprint density at radius 1 is 1.18 bits per heavy atom. The fraction of sp³-hybridized carbons (Fsp3) is 0.533. The Morgan fingerprint density at radius 2 is 1.76 bits per heavy atom. The highest BCUT2D eigenvalue weighted by molar-refractivity contribution is 5.83. The minimum Gasteiger partial charge on any atom is -0.468 e. The van der Waals surface area contributed by atoms with E-state index in [0.717, 1.165) is 18.4 Å². The van der Waals surface area contributed by atoms with E-state index in [4.69, 9.17) is 4.74 Å². The van der Waals surface area contributed by atoms with Crippen molar-refractivity contribution in [1.82, 2.24) is 0 Å². The molecule has 1 aromatic carbocycles. The number of esters is 1. The number of carbonyl (C=O) groups is 1. The van der Waals surface area contributed by atoms with Crippen molar-refractivity contribution >= 4 is 5.97 Å². The van der Waals surface area contributed by atoms with Crippen molar-refractivity contribution in [2.24, 2.45) is 0 Å². The van der Waals surface area contributed by atoms with E-state index in [1.807, 2.05) is 19.9 Å². The minimum absolute atomic E-state index is 0.134. The molecule has 0 aliphatic rings. The first-order chi connectivity index (χ1) is 8.01. The van der Waals surface area contributed by atoms with Crippen LogP contribution in [0.25, 0.3) is 0 Å². The standard InChI is InChI=1S/C15H22O2/c1-6-15(7-2,14(16)17-5)13-9-8-11(3)12(4)10-13/h8-10H,6-7H2,1-5H3. The number of hydrogen-bond donors (Lipinski definition) is 0. The van der Waals surface area contributed by atoms with E-state index in [2.05, 4.69) is 26.0 Å². The van der Waals surface area contributed by atoms with Gasteiger partial charge in [0.2, 0.25) is 0 Å². The van der Waals surface area contributed by atoms with Crippen LogP contribution < -0.4 is 0 Å². The summed E-state index contributed by atoms with van der Waals surface area (Å²) >= 11 is 0. The van der Waals surface area contributed by atoms with Crippen LogP contribution in [-0.4, -0.2) is 13.1 Å². The first kappa shape index (κ1) is 13.8. The van der Waals surface area contributed by atoms with Crippen LogP contribution in [0.5, 0.6) is 0 Å². The fourth-order valence-corrected chi connectivity index (χ4v) is 2.30. The molecule has 0 saturated carbocycles. The monoisotopic (exact) mass is 234 g/mol. The SMILES string of the molecule is CCC(CC)(C(=O)OC)c1ccc(C)c(C)c1. The van der Waals surface area contributed by atoms with Crippen molar-refractivity contribution in [2.45, 2.75) is 46.0 Å². The first-order valence-electron chi connectivity index (χ1n) is 6.18. The number of ether oxygens (including phenoxy) is 1. The van der Waals surface area contributed by atoms with E-state index in [9.17, 15) is 4.79 Å². The second kappa shape index (κ2) is 5.35. The second-order valence-corrected chi connectivity index (χ2v) is 4.58. The molecule has 1 aromatic rings. The molecule has 0 bridgehead atoms. The lowest BCUT2D eigenvalue weighted by molar-refractivity contribution is -0.148. The quantitative estimate of drug-likeness (QED) is 0.745. The van der Waals surface area contributed by atoms with Crippen LogP contribution in [0.4, 0.5) is 0 Å². The third-order valence-corrected chi connectivity index (χ3v) is 3.84. The van der Waals surface area contributed by atoms with Gasteiger partial charge in [-0.2, -0.15) is 0 Å². The van der Waals surface area contributed by atoms with E-state index in [1.165, 1.54) is 18.2 Å². The summed E-state index contributed by atoms with van der Waals surface area (Å²) in [5.74, 6) is -0.134. The predicted octanol–water partition coefficient (Wildman–Crippen LogP) is 3.53. The Bertz CT molecular complexity index is 403. The number of aryl methyl sites for hydroxylation is 2. The Labute approximate surface area is 104 Å². The van der Waals surface area contributed by atoms with Gasteiger partial charge in [0, 0.05) is 0 Å². The molecule has 0 atom stereocenters. The summed E-state index contributed by atoms with van der Waals surface area (Å²) in [4.78, 5) is 12.1. The summed E-state index contributed by atoms with van der Waals surface area (Å²) in [6, 6.07) is 6.24. The fourth-order valence-electron chi connectivity index (χ4n) is 2.30. The van der Waals surface area contributed by atoms with Crippen LogP contribution in [0.15, 0.2) is 18.2 Å². The van der Waals surface area contributed by atoms with Crippen molar-refractivity contribution in [1.29, 1.82) is 0 Å². The van der Waals surface area contributed by atoms with E-state index in [1.54, 1.807) is 0 Å². The van der Waals surface area contributed by atoms with E-state index in [-0.39, 0.29) is 5.97 Å². The van der Waals surface area contributed by atoms with Crippen LogP contribution in [-0.2, 0) is 14.9 Å². The largest absolute Gasteiger partial charge is 0.468 e. The van der Waals surface area contributed by atoms with Crippen LogP contribution >= 0.6 is 0 Å². The molecule has 0 amide bonds. The summed E-state index contributed by atoms with van der Waals surface area (Å²) in [6.45, 7) is 8.23. The number of benzene rings is 1. The van der Waals surface area contributed by atoms with Crippen LogP contribution in [0.3, 0.4) is 0 Å². The van der Waals surface area contributed by atoms with Crippen molar-refractivity contribution < 1.29 is 9.53 Å². The molecule has 0 saturated heterocycles. The summed E-state index contributed by atoms with van der Waals surface area (Å²) in [6.07, 6.45) is 1.53. The van der Waals surface area contributed by atoms with E-state index >= 15 is 0 Å². The average molecular weight is 234 g/mol. The summed E-state index contributed by atoms with van der Waals surface area (Å²) in [5.41, 5.74) is 3.04. The lowest BCUT2D eigenvalue weighted by atomic mass is 9.75. The molecule has 2 nitrogen and oxygen atoms in total. The number of methoxy groups -OCH3 is 1. The first-order valence-corrected chi connectivity index (χ1v) is 6.18. The molecule has 0 aliphatic heterocycles. The lowest BCUT2D eigenvalue weighted by Gasteiger charge is -2.29. The summed E-state index contributed by atoms with van der Waals surface area (Å²) in [5, 5.41) is 0. The third kappa shape index (κ3) is 2.36. The van der Waals surface area contributed by atoms with E-state index < -0.39 is 5.41 Å². The molecular formula is C15H22O2. The predicted molar refractivity (Wildman–Crippen MR) is 70.2 cm³/mol. The van der Waals surface area contributed by atoms with Gasteiger partial charge in [0.15, 0.2) is 0 Å². The van der Waals surface area contributed by atoms with Gasteiger partial charge in [-0.3, -0.25) is 4.79 Å². The number of carbonyl (C=O) groups excluding carboxylic acids is 1. The van der Waals surface area contributed by atoms with Crippen LogP contribution in [0.2, 0.25) is 0 Å². The second-order valence-electron chi connectivity index (χ2n) is 4.58. The van der Waals surface area contributed by atoms with Crippen LogP contribution in [0, 0.1) is 13.8 Å². The molecule has 0 spiro atoms. The molecule has 0 aliphatic carbocycles. The minimum atomic E-state index is -0.493. The summed E-state index contributed by atoms with van der Waals surface area (Å²) < 4.78 is 4.98. The van der Waals surface area contributed by atoms with Gasteiger partial charge in [-0.1, -0.05) is 32.0 Å². The van der Waals surface area contributed by atoms with E-state index in [0.29, 0.717) is 0 Å². The molecule has 1 rings (SSSR count). The van der Waals surface area contributed by atoms with Gasteiger partial charge in [0.1, 0.15) is 0 Å². The average Bonchev–Trinajstić information content (AvgIpc) is 2.35. The lowest BCUT2D eigenvalue weighted by Crippen LogP contribution is -2.35. The molecule has 2 heteroatoms. The molecule has 0 N–H and O–H groups in total. The normalized spacial score (nSPS) is 11.4. The molecule has 94 valence electrons. The van der Waals surface area contributed by atoms with Crippen molar-refractivity contribution in [3.8, 4) is 0 Å². The van der Waals surface area contributed by atoms with Gasteiger partial charge >= 0.3 is 5.97 Å². The molecule has 0 aromatic heterocycles. The molecule has 17 heavy (non-hydrogen) atoms. The van der Waals surface area contributed by atoms with Crippen molar-refractivity contribution in [2.75, 3.05) is 7.11 Å². The topological polar surface area (TPSA) is 26.3 Å². The highest BCUT2D eigenvalue weighted by Crippen LogP contribution is 2.34. The molecule has 0 unspecified atom stereocenters. The highest BCUT2D eigenvalue weighted by Gasteiger charge is 2.37. The number of rotatable bonds is 4. The highest BCUT2D eigenvalue weighted by atomic mass is 16.5. The Kier molecular flexibility index (Phi) is 4.33. The van der Waals surface area contributed by atoms with Gasteiger partial charge in [0.05, 0.1) is 12.5 Å². The smallest absolute Gasteiger partial charge is 0.316 e. The van der Waals surface area contributed by atoms with Gasteiger partial charge in [0.25, 0.3) is 0 Å². The molecule has 0 heterocycles. The van der Waals surface area contributed by atoms with Gasteiger partial charge in [-0.25, -0.2) is 0 Å². The third-order valence-electron chi connectivity index (χ3n) is 3.84. The Hall–Kier alpha value is -1.31. The Morgan fingerprint density at radius 3 is 2.18 bits per heavy atom. The van der Waals surface area contributed by atoms with Gasteiger partial charge < -0.3 is 4.74 Å². The van der Waals surface area contributed by atoms with Gasteiger partial charge in [-0.05, 0) is 43.4 Å². The summed E-state index contributed by atoms with van der Waals surface area (Å²) in [7, 11) is 1.46. The maximum Gasteiger partial charge on any atom is 0.316 e. The van der Waals surface area contributed by atoms with Gasteiger partial charge in [-0.15, -0.1) is 0 Å². The Balaban J connectivity index is 3.31. The zero-order chi connectivity index (χ0) is 13.1. The maximum absolute atomic E-state index is 12.1. The van der Waals surface area contributed by atoms with Crippen molar-refractivity contribution in [3.63, 3.8) is 0 Å². The molecule has 0 fully saturated rings. The zero-order valence-electron chi connectivity index (χ0n) is 11.5. The van der Waals surface area contributed by atoms with Crippen LogP contribution in [0.1, 0.15) is 43.4 Å². The molecule has 0 radical (unpaired) electrons. The maximum atomic E-state index is 12.1. The number of hydrogen-bond acceptors (Lipinski definition) is 2. The zero-order valence-corrected chi connectivity index (χ0v) is 11.5.